The van der Waals surface area contributed by atoms with E-state index in [4.69, 9.17) is 10.5 Å². The average molecular weight is 313 g/mol. The molecule has 0 unspecified atom stereocenters. The van der Waals surface area contributed by atoms with E-state index in [1.807, 2.05) is 6.07 Å². The molecule has 0 aromatic heterocycles. The summed E-state index contributed by atoms with van der Waals surface area (Å²) in [4.78, 5) is 1.32. The first-order valence-electron chi connectivity index (χ1n) is 6.16. The Morgan fingerprint density at radius 2 is 1.81 bits per heavy atom. The van der Waals surface area contributed by atoms with Crippen LogP contribution in [0.5, 0.6) is 5.75 Å². The van der Waals surface area contributed by atoms with E-state index in [1.54, 1.807) is 31.4 Å². The molecule has 2 nitrogen and oxygen atoms in total. The van der Waals surface area contributed by atoms with Crippen molar-refractivity contribution in [3.63, 3.8) is 0 Å². The molecule has 2 rings (SSSR count). The molecule has 0 fully saturated rings. The number of methoxy groups -OCH3 is 1. The van der Waals surface area contributed by atoms with Crippen molar-refractivity contribution in [2.75, 3.05) is 7.11 Å². The second-order valence-electron chi connectivity index (χ2n) is 4.30. The maximum Gasteiger partial charge on any atom is 0.416 e. The predicted molar refractivity (Wildman–Crippen MR) is 76.5 cm³/mol. The molecule has 2 aromatic carbocycles. The van der Waals surface area contributed by atoms with Crippen molar-refractivity contribution >= 4 is 11.8 Å². The predicted octanol–water partition coefficient (Wildman–Crippen LogP) is 4.32. The van der Waals surface area contributed by atoms with E-state index in [-0.39, 0.29) is 12.1 Å². The first kappa shape index (κ1) is 15.7. The fraction of sp³-hybridized carbons (Fsp3) is 0.200. The molecule has 0 aliphatic heterocycles. The third-order valence-electron chi connectivity index (χ3n) is 2.88. The van der Waals surface area contributed by atoms with E-state index in [9.17, 15) is 13.2 Å². The highest BCUT2D eigenvalue weighted by Crippen LogP contribution is 2.37. The Balaban J connectivity index is 2.32. The molecule has 21 heavy (non-hydrogen) atoms. The SMILES string of the molecule is COc1cccc(Sc2ccc(CN)c(C(F)(F)F)c2)c1. The second-order valence-corrected chi connectivity index (χ2v) is 5.45. The third kappa shape index (κ3) is 3.92. The summed E-state index contributed by atoms with van der Waals surface area (Å²) in [6.07, 6.45) is -4.40. The van der Waals surface area contributed by atoms with Crippen LogP contribution in [0, 0.1) is 0 Å². The van der Waals surface area contributed by atoms with E-state index < -0.39 is 11.7 Å². The average Bonchev–Trinajstić information content (AvgIpc) is 2.46. The van der Waals surface area contributed by atoms with E-state index >= 15 is 0 Å². The normalized spacial score (nSPS) is 11.5. The summed E-state index contributed by atoms with van der Waals surface area (Å²) in [5.74, 6) is 0.662. The van der Waals surface area contributed by atoms with Crippen LogP contribution in [0.3, 0.4) is 0 Å². The van der Waals surface area contributed by atoms with E-state index in [1.165, 1.54) is 17.8 Å². The van der Waals surface area contributed by atoms with Crippen LogP contribution < -0.4 is 10.5 Å². The van der Waals surface area contributed by atoms with E-state index in [2.05, 4.69) is 0 Å². The van der Waals surface area contributed by atoms with Gasteiger partial charge in [0.1, 0.15) is 5.75 Å². The standard InChI is InChI=1S/C15H14F3NOS/c1-20-11-3-2-4-12(7-11)21-13-6-5-10(9-19)14(8-13)15(16,17)18/h2-8H,9,19H2,1H3. The van der Waals surface area contributed by atoms with Crippen LogP contribution >= 0.6 is 11.8 Å². The number of halogens is 3. The van der Waals surface area contributed by atoms with Gasteiger partial charge in [-0.05, 0) is 35.9 Å². The maximum absolute atomic E-state index is 13.0. The lowest BCUT2D eigenvalue weighted by Gasteiger charge is -2.13. The fourth-order valence-electron chi connectivity index (χ4n) is 1.86. The zero-order chi connectivity index (χ0) is 15.5. The molecule has 0 saturated carbocycles. The minimum atomic E-state index is -4.40. The van der Waals surface area contributed by atoms with E-state index in [0.717, 1.165) is 11.0 Å². The van der Waals surface area contributed by atoms with Crippen LogP contribution in [0.2, 0.25) is 0 Å². The molecule has 0 atom stereocenters. The minimum Gasteiger partial charge on any atom is -0.497 e. The van der Waals surface area contributed by atoms with Crippen molar-refractivity contribution in [1.29, 1.82) is 0 Å². The lowest BCUT2D eigenvalue weighted by molar-refractivity contribution is -0.138. The first-order valence-corrected chi connectivity index (χ1v) is 6.98. The number of hydrogen-bond donors (Lipinski definition) is 1. The summed E-state index contributed by atoms with van der Waals surface area (Å²) in [6.45, 7) is -0.140. The summed E-state index contributed by atoms with van der Waals surface area (Å²) in [6, 6.07) is 11.4. The van der Waals surface area contributed by atoms with Gasteiger partial charge in [-0.3, -0.25) is 0 Å². The molecule has 2 N–H and O–H groups in total. The van der Waals surface area contributed by atoms with Gasteiger partial charge in [-0.1, -0.05) is 23.9 Å². The Labute approximate surface area is 125 Å². The van der Waals surface area contributed by atoms with Crippen LogP contribution in [0.1, 0.15) is 11.1 Å². The van der Waals surface area contributed by atoms with Crippen molar-refractivity contribution in [3.8, 4) is 5.75 Å². The summed E-state index contributed by atoms with van der Waals surface area (Å²) < 4.78 is 44.1. The van der Waals surface area contributed by atoms with Crippen LogP contribution in [0.15, 0.2) is 52.3 Å². The first-order chi connectivity index (χ1) is 9.94. The molecular weight excluding hydrogens is 299 g/mol. The highest BCUT2D eigenvalue weighted by atomic mass is 32.2. The van der Waals surface area contributed by atoms with Crippen molar-refractivity contribution in [2.24, 2.45) is 5.73 Å². The molecule has 2 aromatic rings. The molecule has 0 aliphatic carbocycles. The molecular formula is C15H14F3NOS. The quantitative estimate of drug-likeness (QED) is 0.913. The molecule has 0 bridgehead atoms. The van der Waals surface area contributed by atoms with Gasteiger partial charge in [0.25, 0.3) is 0 Å². The zero-order valence-corrected chi connectivity index (χ0v) is 12.1. The van der Waals surface area contributed by atoms with Gasteiger partial charge in [0.15, 0.2) is 0 Å². The van der Waals surface area contributed by atoms with Gasteiger partial charge in [0.05, 0.1) is 12.7 Å². The molecule has 0 heterocycles. The van der Waals surface area contributed by atoms with Crippen molar-refractivity contribution < 1.29 is 17.9 Å². The third-order valence-corrected chi connectivity index (χ3v) is 3.86. The summed E-state index contributed by atoms with van der Waals surface area (Å²) in [5.41, 5.74) is 4.78. The van der Waals surface area contributed by atoms with Gasteiger partial charge in [-0.2, -0.15) is 13.2 Å². The van der Waals surface area contributed by atoms with Crippen LogP contribution in [0.4, 0.5) is 13.2 Å². The van der Waals surface area contributed by atoms with Gasteiger partial charge in [-0.25, -0.2) is 0 Å². The van der Waals surface area contributed by atoms with Gasteiger partial charge in [0.2, 0.25) is 0 Å². The molecule has 0 radical (unpaired) electrons. The number of rotatable bonds is 4. The Bertz CT molecular complexity index is 629. The molecule has 0 spiro atoms. The van der Waals surface area contributed by atoms with Crippen LogP contribution in [0.25, 0.3) is 0 Å². The summed E-state index contributed by atoms with van der Waals surface area (Å²) >= 11 is 1.25. The number of ether oxygens (including phenoxy) is 1. The van der Waals surface area contributed by atoms with Crippen molar-refractivity contribution in [2.45, 2.75) is 22.5 Å². The minimum absolute atomic E-state index is 0.0949. The molecule has 0 aliphatic rings. The maximum atomic E-state index is 13.0. The number of hydrogen-bond acceptors (Lipinski definition) is 3. The van der Waals surface area contributed by atoms with Crippen molar-refractivity contribution in [1.82, 2.24) is 0 Å². The second kappa shape index (κ2) is 6.41. The fourth-order valence-corrected chi connectivity index (χ4v) is 2.77. The highest BCUT2D eigenvalue weighted by Gasteiger charge is 2.33. The topological polar surface area (TPSA) is 35.2 Å². The number of alkyl halides is 3. The lowest BCUT2D eigenvalue weighted by atomic mass is 10.1. The number of nitrogens with two attached hydrogens (primary N) is 1. The Hall–Kier alpha value is -1.66. The highest BCUT2D eigenvalue weighted by molar-refractivity contribution is 7.99. The number of benzene rings is 2. The molecule has 0 amide bonds. The molecule has 6 heteroatoms. The van der Waals surface area contributed by atoms with Gasteiger partial charge in [-0.15, -0.1) is 0 Å². The Morgan fingerprint density at radius 3 is 2.43 bits per heavy atom. The van der Waals surface area contributed by atoms with Crippen LogP contribution in [-0.2, 0) is 12.7 Å². The largest absolute Gasteiger partial charge is 0.497 e. The monoisotopic (exact) mass is 313 g/mol. The van der Waals surface area contributed by atoms with E-state index in [0.29, 0.717) is 10.6 Å². The lowest BCUT2D eigenvalue weighted by Crippen LogP contribution is -2.11. The summed E-state index contributed by atoms with van der Waals surface area (Å²) in [7, 11) is 1.54. The smallest absolute Gasteiger partial charge is 0.416 e. The van der Waals surface area contributed by atoms with Crippen molar-refractivity contribution in [3.05, 3.63) is 53.6 Å². The van der Waals surface area contributed by atoms with Gasteiger partial charge in [0, 0.05) is 16.3 Å². The molecule has 0 saturated heterocycles. The van der Waals surface area contributed by atoms with Gasteiger partial charge < -0.3 is 10.5 Å². The van der Waals surface area contributed by atoms with Gasteiger partial charge >= 0.3 is 6.18 Å². The molecule has 112 valence electrons. The van der Waals surface area contributed by atoms with Crippen LogP contribution in [-0.4, -0.2) is 7.11 Å². The Morgan fingerprint density at radius 1 is 1.10 bits per heavy atom. The zero-order valence-electron chi connectivity index (χ0n) is 11.3. The summed E-state index contributed by atoms with van der Waals surface area (Å²) in [5, 5.41) is 0. The Kier molecular flexibility index (Phi) is 4.80.